The number of carbonyl (C=O) groups excluding carboxylic acids is 2. The van der Waals surface area contributed by atoms with Gasteiger partial charge in [0.15, 0.2) is 0 Å². The Morgan fingerprint density at radius 3 is 2.45 bits per heavy atom. The zero-order chi connectivity index (χ0) is 20.4. The number of hydrogen-bond donors (Lipinski definition) is 0. The molecular weight excluding hydrogens is 364 g/mol. The lowest BCUT2D eigenvalue weighted by Crippen LogP contribution is -2.52. The molecule has 1 aromatic carbocycles. The van der Waals surface area contributed by atoms with Gasteiger partial charge in [-0.2, -0.15) is 0 Å². The van der Waals surface area contributed by atoms with Gasteiger partial charge in [-0.1, -0.05) is 18.2 Å². The van der Waals surface area contributed by atoms with E-state index in [1.165, 1.54) is 12.8 Å². The first-order valence-electron chi connectivity index (χ1n) is 11.4. The Balaban J connectivity index is 1.46. The van der Waals surface area contributed by atoms with Crippen molar-refractivity contribution < 1.29 is 14.3 Å². The predicted molar refractivity (Wildman–Crippen MR) is 113 cm³/mol. The molecule has 2 aliphatic heterocycles. The van der Waals surface area contributed by atoms with Crippen LogP contribution in [-0.4, -0.2) is 53.4 Å². The summed E-state index contributed by atoms with van der Waals surface area (Å²) in [5, 5.41) is 0. The number of nitrogens with zero attached hydrogens (tertiary/aromatic N) is 2. The number of para-hydroxylation sites is 1. The lowest BCUT2D eigenvalue weighted by molar-refractivity contribution is -0.135. The highest BCUT2D eigenvalue weighted by Gasteiger charge is 2.44. The second-order valence-electron chi connectivity index (χ2n) is 9.02. The van der Waals surface area contributed by atoms with Gasteiger partial charge >= 0.3 is 0 Å². The van der Waals surface area contributed by atoms with Crippen LogP contribution < -0.4 is 4.74 Å². The number of carbonyl (C=O) groups is 2. The summed E-state index contributed by atoms with van der Waals surface area (Å²) in [6.07, 6.45) is 6.26. The molecule has 2 amide bonds. The number of rotatable bonds is 6. The number of ether oxygens (including phenoxy) is 1. The highest BCUT2D eigenvalue weighted by molar-refractivity contribution is 5.77. The number of fused-ring (bicyclic) bond motifs is 1. The quantitative estimate of drug-likeness (QED) is 0.728. The van der Waals surface area contributed by atoms with E-state index in [0.29, 0.717) is 18.2 Å². The maximum absolute atomic E-state index is 12.8. The van der Waals surface area contributed by atoms with Gasteiger partial charge in [0.05, 0.1) is 0 Å². The minimum atomic E-state index is -0.251. The number of piperidine rings is 1. The SMILES string of the molecule is CCN(CC)C(=O)C[C@H]1CC2(CCN(C(=O)CC3CC3)CC2)Oc2ccccc21. The fourth-order valence-corrected chi connectivity index (χ4v) is 5.01. The van der Waals surface area contributed by atoms with Crippen molar-refractivity contribution in [3.8, 4) is 5.75 Å². The van der Waals surface area contributed by atoms with Gasteiger partial charge in [0, 0.05) is 57.8 Å². The van der Waals surface area contributed by atoms with Gasteiger partial charge in [0.2, 0.25) is 11.8 Å². The minimum Gasteiger partial charge on any atom is -0.487 e. The van der Waals surface area contributed by atoms with Crippen LogP contribution >= 0.6 is 0 Å². The van der Waals surface area contributed by atoms with E-state index in [1.807, 2.05) is 41.8 Å². The Hall–Kier alpha value is -2.04. The van der Waals surface area contributed by atoms with E-state index in [2.05, 4.69) is 6.07 Å². The van der Waals surface area contributed by atoms with Gasteiger partial charge in [0.1, 0.15) is 11.4 Å². The first-order valence-corrected chi connectivity index (χ1v) is 11.4. The third-order valence-corrected chi connectivity index (χ3v) is 7.03. The lowest BCUT2D eigenvalue weighted by atomic mass is 9.76. The second kappa shape index (κ2) is 8.37. The van der Waals surface area contributed by atoms with Crippen molar-refractivity contribution in [3.05, 3.63) is 29.8 Å². The van der Waals surface area contributed by atoms with Crippen molar-refractivity contribution in [2.24, 2.45) is 5.92 Å². The van der Waals surface area contributed by atoms with Crippen LogP contribution in [0.3, 0.4) is 0 Å². The summed E-state index contributed by atoms with van der Waals surface area (Å²) < 4.78 is 6.54. The van der Waals surface area contributed by atoms with Crippen LogP contribution in [-0.2, 0) is 9.59 Å². The summed E-state index contributed by atoms with van der Waals surface area (Å²) in [5.41, 5.74) is 0.907. The molecule has 2 fully saturated rings. The van der Waals surface area contributed by atoms with E-state index in [4.69, 9.17) is 4.74 Å². The van der Waals surface area contributed by atoms with Gasteiger partial charge < -0.3 is 14.5 Å². The molecule has 1 spiro atoms. The van der Waals surface area contributed by atoms with Crippen LogP contribution in [0.25, 0.3) is 0 Å². The third kappa shape index (κ3) is 4.44. The van der Waals surface area contributed by atoms with Crippen molar-refractivity contribution in [1.82, 2.24) is 9.80 Å². The van der Waals surface area contributed by atoms with Crippen molar-refractivity contribution in [1.29, 1.82) is 0 Å². The molecule has 1 atom stereocenters. The maximum atomic E-state index is 12.8. The van der Waals surface area contributed by atoms with Crippen LogP contribution in [0.15, 0.2) is 24.3 Å². The molecule has 0 aromatic heterocycles. The van der Waals surface area contributed by atoms with E-state index in [1.54, 1.807) is 0 Å². The van der Waals surface area contributed by atoms with Crippen LogP contribution in [0.1, 0.15) is 70.3 Å². The fraction of sp³-hybridized carbons (Fsp3) is 0.667. The summed E-state index contributed by atoms with van der Waals surface area (Å²) in [5.74, 6) is 2.28. The van der Waals surface area contributed by atoms with Crippen molar-refractivity contribution in [3.63, 3.8) is 0 Å². The standard InChI is InChI=1S/C24H34N2O3/c1-3-25(4-2)23(28)16-19-17-24(29-21-8-6-5-7-20(19)21)11-13-26(14-12-24)22(27)15-18-9-10-18/h5-8,18-19H,3-4,9-17H2,1-2H3/t19-/m0/s1. The molecule has 0 bridgehead atoms. The first kappa shape index (κ1) is 20.2. The van der Waals surface area contributed by atoms with Gasteiger partial charge in [-0.05, 0) is 50.7 Å². The summed E-state index contributed by atoms with van der Waals surface area (Å²) in [4.78, 5) is 29.3. The summed E-state index contributed by atoms with van der Waals surface area (Å²) in [6.45, 7) is 7.12. The molecule has 3 aliphatic rings. The van der Waals surface area contributed by atoms with Crippen molar-refractivity contribution >= 4 is 11.8 Å². The highest BCUT2D eigenvalue weighted by atomic mass is 16.5. The molecule has 1 saturated heterocycles. The van der Waals surface area contributed by atoms with Crippen molar-refractivity contribution in [2.75, 3.05) is 26.2 Å². The average molecular weight is 399 g/mol. The monoisotopic (exact) mass is 398 g/mol. The minimum absolute atomic E-state index is 0.182. The topological polar surface area (TPSA) is 49.9 Å². The molecule has 1 aliphatic carbocycles. The lowest BCUT2D eigenvalue weighted by Gasteiger charge is -2.47. The van der Waals surface area contributed by atoms with E-state index < -0.39 is 0 Å². The normalized spacial score (nSPS) is 22.7. The Morgan fingerprint density at radius 2 is 1.79 bits per heavy atom. The molecule has 5 heteroatoms. The van der Waals surface area contributed by atoms with Gasteiger partial charge in [-0.25, -0.2) is 0 Å². The summed E-state index contributed by atoms with van der Waals surface area (Å²) >= 11 is 0. The number of benzene rings is 1. The molecule has 4 rings (SSSR count). The number of amides is 2. The van der Waals surface area contributed by atoms with Gasteiger partial charge in [-0.3, -0.25) is 9.59 Å². The number of likely N-dealkylation sites (tertiary alicyclic amines) is 1. The Morgan fingerprint density at radius 1 is 1.10 bits per heavy atom. The van der Waals surface area contributed by atoms with Crippen molar-refractivity contribution in [2.45, 2.75) is 70.3 Å². The molecule has 0 N–H and O–H groups in total. The molecule has 2 heterocycles. The highest BCUT2D eigenvalue weighted by Crippen LogP contribution is 2.47. The largest absolute Gasteiger partial charge is 0.487 e. The smallest absolute Gasteiger partial charge is 0.223 e. The Kier molecular flexibility index (Phi) is 5.84. The van der Waals surface area contributed by atoms with E-state index in [9.17, 15) is 9.59 Å². The zero-order valence-corrected chi connectivity index (χ0v) is 17.9. The van der Waals surface area contributed by atoms with Crippen LogP contribution in [0.2, 0.25) is 0 Å². The third-order valence-electron chi connectivity index (χ3n) is 7.03. The fourth-order valence-electron chi connectivity index (χ4n) is 5.01. The Bertz CT molecular complexity index is 746. The maximum Gasteiger partial charge on any atom is 0.223 e. The average Bonchev–Trinajstić information content (AvgIpc) is 3.53. The molecule has 1 saturated carbocycles. The van der Waals surface area contributed by atoms with E-state index in [-0.39, 0.29) is 17.4 Å². The van der Waals surface area contributed by atoms with E-state index >= 15 is 0 Å². The molecule has 158 valence electrons. The van der Waals surface area contributed by atoms with Crippen LogP contribution in [0.4, 0.5) is 0 Å². The molecule has 1 aromatic rings. The summed E-state index contributed by atoms with van der Waals surface area (Å²) in [6, 6.07) is 8.19. The Labute approximate surface area is 174 Å². The molecule has 29 heavy (non-hydrogen) atoms. The van der Waals surface area contributed by atoms with E-state index in [0.717, 1.165) is 63.2 Å². The van der Waals surface area contributed by atoms with Gasteiger partial charge in [0.25, 0.3) is 0 Å². The summed E-state index contributed by atoms with van der Waals surface area (Å²) in [7, 11) is 0. The molecule has 5 nitrogen and oxygen atoms in total. The number of hydrogen-bond acceptors (Lipinski definition) is 3. The zero-order valence-electron chi connectivity index (χ0n) is 17.9. The molecular formula is C24H34N2O3. The van der Waals surface area contributed by atoms with Gasteiger partial charge in [-0.15, -0.1) is 0 Å². The first-order chi connectivity index (χ1) is 14.0. The van der Waals surface area contributed by atoms with Crippen LogP contribution in [0, 0.1) is 5.92 Å². The van der Waals surface area contributed by atoms with Crippen LogP contribution in [0.5, 0.6) is 5.75 Å². The molecule has 0 unspecified atom stereocenters. The predicted octanol–water partition coefficient (Wildman–Crippen LogP) is 3.97. The second-order valence-corrected chi connectivity index (χ2v) is 9.02. The molecule has 0 radical (unpaired) electrons.